The molecule has 3 nitrogen and oxygen atoms in total. The van der Waals surface area contributed by atoms with Crippen LogP contribution in [-0.4, -0.2) is 18.5 Å². The highest BCUT2D eigenvalue weighted by atomic mass is 32.1. The molecule has 0 radical (unpaired) electrons. The van der Waals surface area contributed by atoms with Gasteiger partial charge in [0.15, 0.2) is 0 Å². The van der Waals surface area contributed by atoms with Crippen molar-refractivity contribution in [3.63, 3.8) is 0 Å². The molecule has 100 valence electrons. The van der Waals surface area contributed by atoms with Crippen molar-refractivity contribution in [3.05, 3.63) is 35.2 Å². The second-order valence-electron chi connectivity index (χ2n) is 5.06. The van der Waals surface area contributed by atoms with Crippen LogP contribution in [-0.2, 0) is 4.79 Å². The summed E-state index contributed by atoms with van der Waals surface area (Å²) in [6.45, 7) is 2.95. The third-order valence-corrected chi connectivity index (χ3v) is 4.91. The number of carbonyl (C=O) groups excluding carboxylic acids is 1. The van der Waals surface area contributed by atoms with Gasteiger partial charge in [-0.1, -0.05) is 18.2 Å². The number of amides is 1. The molecule has 1 aliphatic heterocycles. The van der Waals surface area contributed by atoms with Gasteiger partial charge < -0.3 is 5.32 Å². The van der Waals surface area contributed by atoms with E-state index in [4.69, 9.17) is 0 Å². The lowest BCUT2D eigenvalue weighted by Crippen LogP contribution is -2.48. The third kappa shape index (κ3) is 2.65. The molecule has 0 spiro atoms. The minimum Gasteiger partial charge on any atom is -0.355 e. The number of thiophene rings is 1. The van der Waals surface area contributed by atoms with Crippen molar-refractivity contribution in [2.75, 3.05) is 6.54 Å². The Morgan fingerprint density at radius 2 is 2.26 bits per heavy atom. The Kier molecular flexibility index (Phi) is 3.53. The van der Waals surface area contributed by atoms with E-state index in [-0.39, 0.29) is 18.0 Å². The highest BCUT2D eigenvalue weighted by Crippen LogP contribution is 2.30. The number of hydrogen-bond donors (Lipinski definition) is 2. The number of rotatable bonds is 3. The summed E-state index contributed by atoms with van der Waals surface area (Å²) < 4.78 is 1.30. The van der Waals surface area contributed by atoms with Crippen molar-refractivity contribution in [2.45, 2.75) is 31.8 Å². The predicted molar refractivity (Wildman–Crippen MR) is 79.4 cm³/mol. The molecule has 1 amide bonds. The van der Waals surface area contributed by atoms with E-state index in [9.17, 15) is 4.79 Å². The number of fused-ring (bicyclic) bond motifs is 1. The van der Waals surface area contributed by atoms with Gasteiger partial charge in [0.1, 0.15) is 0 Å². The van der Waals surface area contributed by atoms with E-state index in [0.717, 1.165) is 19.4 Å². The Bertz CT molecular complexity index is 560. The third-order valence-electron chi connectivity index (χ3n) is 3.61. The van der Waals surface area contributed by atoms with E-state index >= 15 is 0 Å². The maximum absolute atomic E-state index is 11.8. The molecule has 2 N–H and O–H groups in total. The molecule has 0 bridgehead atoms. The second-order valence-corrected chi connectivity index (χ2v) is 6.18. The highest BCUT2D eigenvalue weighted by molar-refractivity contribution is 7.19. The zero-order valence-electron chi connectivity index (χ0n) is 11.0. The molecule has 3 rings (SSSR count). The van der Waals surface area contributed by atoms with Crippen LogP contribution in [0.3, 0.4) is 0 Å². The Morgan fingerprint density at radius 3 is 3.05 bits per heavy atom. The van der Waals surface area contributed by atoms with Crippen LogP contribution in [0.25, 0.3) is 10.1 Å². The summed E-state index contributed by atoms with van der Waals surface area (Å²) in [7, 11) is 0. The molecule has 19 heavy (non-hydrogen) atoms. The number of carbonyl (C=O) groups is 1. The molecule has 1 saturated heterocycles. The van der Waals surface area contributed by atoms with E-state index in [1.807, 2.05) is 0 Å². The Labute approximate surface area is 117 Å². The van der Waals surface area contributed by atoms with E-state index in [1.165, 1.54) is 15.0 Å². The van der Waals surface area contributed by atoms with Crippen LogP contribution >= 0.6 is 11.3 Å². The molecule has 1 aliphatic rings. The lowest BCUT2D eigenvalue weighted by atomic mass is 10.1. The van der Waals surface area contributed by atoms with E-state index in [1.54, 1.807) is 11.3 Å². The zero-order chi connectivity index (χ0) is 13.2. The first-order chi connectivity index (χ1) is 9.24. The molecule has 2 aromatic rings. The quantitative estimate of drug-likeness (QED) is 0.903. The van der Waals surface area contributed by atoms with Crippen molar-refractivity contribution >= 4 is 27.3 Å². The van der Waals surface area contributed by atoms with Crippen LogP contribution in [0.5, 0.6) is 0 Å². The van der Waals surface area contributed by atoms with Crippen molar-refractivity contribution < 1.29 is 4.79 Å². The largest absolute Gasteiger partial charge is 0.355 e. The molecule has 2 heterocycles. The van der Waals surface area contributed by atoms with Gasteiger partial charge in [-0.25, -0.2) is 0 Å². The average Bonchev–Trinajstić information content (AvgIpc) is 2.85. The fraction of sp³-hybridized carbons (Fsp3) is 0.400. The molecule has 1 aromatic carbocycles. The van der Waals surface area contributed by atoms with Gasteiger partial charge in [0, 0.05) is 22.2 Å². The highest BCUT2D eigenvalue weighted by Gasteiger charge is 2.24. The van der Waals surface area contributed by atoms with E-state index in [0.29, 0.717) is 0 Å². The van der Waals surface area contributed by atoms with Crippen LogP contribution in [0.1, 0.15) is 30.7 Å². The Morgan fingerprint density at radius 1 is 1.42 bits per heavy atom. The molecule has 0 aliphatic carbocycles. The smallest absolute Gasteiger partial charge is 0.237 e. The number of benzene rings is 1. The molecule has 1 aromatic heterocycles. The van der Waals surface area contributed by atoms with Gasteiger partial charge in [-0.15, -0.1) is 11.3 Å². The number of nitrogens with one attached hydrogen (secondary N) is 2. The summed E-state index contributed by atoms with van der Waals surface area (Å²) in [5, 5.41) is 7.64. The van der Waals surface area contributed by atoms with Gasteiger partial charge >= 0.3 is 0 Å². The lowest BCUT2D eigenvalue weighted by molar-refractivity contribution is -0.124. The summed E-state index contributed by atoms with van der Waals surface area (Å²) in [6.07, 6.45) is 1.99. The maximum atomic E-state index is 11.8. The molecule has 2 unspecified atom stereocenters. The van der Waals surface area contributed by atoms with Gasteiger partial charge in [-0.3, -0.25) is 10.1 Å². The average molecular weight is 274 g/mol. The summed E-state index contributed by atoms with van der Waals surface area (Å²) in [5.41, 5.74) is 0. The second kappa shape index (κ2) is 5.31. The molecule has 0 saturated carbocycles. The van der Waals surface area contributed by atoms with E-state index in [2.05, 4.69) is 47.9 Å². The molecular formula is C15H18N2OS. The molecule has 2 atom stereocenters. The fourth-order valence-electron chi connectivity index (χ4n) is 2.53. The van der Waals surface area contributed by atoms with E-state index < -0.39 is 0 Å². The summed E-state index contributed by atoms with van der Waals surface area (Å²) in [5.74, 6) is 0.138. The van der Waals surface area contributed by atoms with Gasteiger partial charge in [-0.2, -0.15) is 0 Å². The van der Waals surface area contributed by atoms with Gasteiger partial charge in [0.25, 0.3) is 0 Å². The van der Waals surface area contributed by atoms with Crippen LogP contribution in [0, 0.1) is 0 Å². The maximum Gasteiger partial charge on any atom is 0.237 e. The SMILES string of the molecule is CC(NC1CCCNC1=O)c1cc2ccccc2s1. The van der Waals surface area contributed by atoms with Crippen LogP contribution in [0.15, 0.2) is 30.3 Å². The van der Waals surface area contributed by atoms with Crippen LogP contribution < -0.4 is 10.6 Å². The number of piperidine rings is 1. The number of hydrogen-bond acceptors (Lipinski definition) is 3. The molecular weight excluding hydrogens is 256 g/mol. The van der Waals surface area contributed by atoms with Crippen LogP contribution in [0.2, 0.25) is 0 Å². The normalized spacial score (nSPS) is 21.3. The lowest BCUT2D eigenvalue weighted by Gasteiger charge is -2.25. The van der Waals surface area contributed by atoms with Crippen LogP contribution in [0.4, 0.5) is 0 Å². The predicted octanol–water partition coefficient (Wildman–Crippen LogP) is 2.83. The topological polar surface area (TPSA) is 41.1 Å². The minimum atomic E-state index is -0.0473. The minimum absolute atomic E-state index is 0.0473. The van der Waals surface area contributed by atoms with Gasteiger partial charge in [0.05, 0.1) is 6.04 Å². The zero-order valence-corrected chi connectivity index (χ0v) is 11.8. The molecule has 4 heteroatoms. The molecule has 1 fully saturated rings. The Balaban J connectivity index is 1.75. The standard InChI is InChI=1S/C15H18N2OS/c1-10(17-12-6-4-8-16-15(12)18)14-9-11-5-2-3-7-13(11)19-14/h2-3,5,7,9-10,12,17H,4,6,8H2,1H3,(H,16,18). The first-order valence-corrected chi connectivity index (χ1v) is 7.58. The summed E-state index contributed by atoms with van der Waals surface area (Å²) >= 11 is 1.80. The summed E-state index contributed by atoms with van der Waals surface area (Å²) in [6, 6.07) is 10.8. The first-order valence-electron chi connectivity index (χ1n) is 6.76. The van der Waals surface area contributed by atoms with Crippen molar-refractivity contribution in [1.82, 2.24) is 10.6 Å². The monoisotopic (exact) mass is 274 g/mol. The summed E-state index contributed by atoms with van der Waals surface area (Å²) in [4.78, 5) is 13.1. The van der Waals surface area contributed by atoms with Crippen molar-refractivity contribution in [3.8, 4) is 0 Å². The first kappa shape index (κ1) is 12.6. The fourth-order valence-corrected chi connectivity index (χ4v) is 3.61. The van der Waals surface area contributed by atoms with Gasteiger partial charge in [0.2, 0.25) is 5.91 Å². The van der Waals surface area contributed by atoms with Crippen molar-refractivity contribution in [1.29, 1.82) is 0 Å². The van der Waals surface area contributed by atoms with Crippen molar-refractivity contribution in [2.24, 2.45) is 0 Å². The van der Waals surface area contributed by atoms with Gasteiger partial charge in [-0.05, 0) is 37.3 Å². The Hall–Kier alpha value is -1.39.